The van der Waals surface area contributed by atoms with Crippen LogP contribution in [0.5, 0.6) is 5.75 Å². The van der Waals surface area contributed by atoms with Crippen molar-refractivity contribution in [2.24, 2.45) is 0 Å². The molecule has 1 saturated heterocycles. The molecule has 3 rings (SSSR count). The van der Waals surface area contributed by atoms with E-state index in [1.165, 1.54) is 0 Å². The molecule has 132 valence electrons. The molecule has 1 aromatic heterocycles. The van der Waals surface area contributed by atoms with Crippen LogP contribution in [0.2, 0.25) is 0 Å². The maximum absolute atomic E-state index is 12.2. The van der Waals surface area contributed by atoms with Gasteiger partial charge in [-0.1, -0.05) is 18.2 Å². The number of benzene rings is 1. The van der Waals surface area contributed by atoms with Gasteiger partial charge in [-0.3, -0.25) is 4.79 Å². The van der Waals surface area contributed by atoms with Gasteiger partial charge in [0.05, 0.1) is 12.3 Å². The number of anilines is 2. The highest BCUT2D eigenvalue weighted by atomic mass is 16.5. The molecule has 2 heterocycles. The van der Waals surface area contributed by atoms with Crippen molar-refractivity contribution in [1.29, 1.82) is 0 Å². The lowest BCUT2D eigenvalue weighted by Gasteiger charge is -2.29. The van der Waals surface area contributed by atoms with Gasteiger partial charge in [0.15, 0.2) is 5.82 Å². The molecule has 1 aliphatic rings. The molecule has 0 aliphatic carbocycles. The minimum atomic E-state index is -0.0129. The molecule has 0 radical (unpaired) electrons. The number of ether oxygens (including phenoxy) is 1. The summed E-state index contributed by atoms with van der Waals surface area (Å²) in [4.78, 5) is 18.9. The number of amides is 1. The summed E-state index contributed by atoms with van der Waals surface area (Å²) in [6.07, 6.45) is 2.85. The van der Waals surface area contributed by atoms with E-state index < -0.39 is 0 Å². The van der Waals surface area contributed by atoms with Crippen LogP contribution < -0.4 is 20.3 Å². The Hall–Kier alpha value is -2.60. The van der Waals surface area contributed by atoms with Crippen molar-refractivity contribution in [2.75, 3.05) is 43.0 Å². The lowest BCUT2D eigenvalue weighted by atomic mass is 10.2. The predicted octanol–water partition coefficient (Wildman–Crippen LogP) is 2.29. The molecule has 25 heavy (non-hydrogen) atoms. The van der Waals surface area contributed by atoms with E-state index in [0.29, 0.717) is 19.4 Å². The molecule has 1 aliphatic heterocycles. The van der Waals surface area contributed by atoms with Crippen molar-refractivity contribution < 1.29 is 9.53 Å². The standard InChI is InChI=1S/C19H24N4O2/c24-18(9-5-15-25-16-6-2-1-3-7-16)22-17-8-4-10-21-19(17)23-13-11-20-12-14-23/h1-4,6-8,10,20H,5,9,11-15H2,(H,22,24). The average Bonchev–Trinajstić information content (AvgIpc) is 2.67. The second-order valence-corrected chi connectivity index (χ2v) is 5.92. The fourth-order valence-corrected chi connectivity index (χ4v) is 2.78. The van der Waals surface area contributed by atoms with E-state index in [1.54, 1.807) is 6.20 Å². The summed E-state index contributed by atoms with van der Waals surface area (Å²) in [6, 6.07) is 13.4. The van der Waals surface area contributed by atoms with Gasteiger partial charge in [0.1, 0.15) is 5.75 Å². The van der Waals surface area contributed by atoms with Crippen molar-refractivity contribution in [1.82, 2.24) is 10.3 Å². The van der Waals surface area contributed by atoms with Crippen molar-refractivity contribution in [3.8, 4) is 5.75 Å². The lowest BCUT2D eigenvalue weighted by molar-refractivity contribution is -0.116. The van der Waals surface area contributed by atoms with Crippen molar-refractivity contribution in [3.05, 3.63) is 48.7 Å². The van der Waals surface area contributed by atoms with E-state index in [2.05, 4.69) is 20.5 Å². The van der Waals surface area contributed by atoms with Gasteiger partial charge in [0.2, 0.25) is 5.91 Å². The number of nitrogens with zero attached hydrogens (tertiary/aromatic N) is 2. The first-order valence-corrected chi connectivity index (χ1v) is 8.71. The van der Waals surface area contributed by atoms with Gasteiger partial charge >= 0.3 is 0 Å². The number of aromatic nitrogens is 1. The Morgan fingerprint density at radius 2 is 1.96 bits per heavy atom. The molecule has 2 aromatic rings. The molecule has 6 heteroatoms. The zero-order valence-electron chi connectivity index (χ0n) is 14.3. The van der Waals surface area contributed by atoms with E-state index in [9.17, 15) is 4.79 Å². The van der Waals surface area contributed by atoms with Crippen LogP contribution in [0.15, 0.2) is 48.7 Å². The lowest BCUT2D eigenvalue weighted by Crippen LogP contribution is -2.44. The monoisotopic (exact) mass is 340 g/mol. The second-order valence-electron chi connectivity index (χ2n) is 5.92. The first-order chi connectivity index (χ1) is 12.3. The van der Waals surface area contributed by atoms with Gasteiger partial charge in [0.25, 0.3) is 0 Å². The molecule has 0 saturated carbocycles. The number of piperazine rings is 1. The average molecular weight is 340 g/mol. The molecule has 0 spiro atoms. The first kappa shape index (κ1) is 17.2. The fourth-order valence-electron chi connectivity index (χ4n) is 2.78. The Bertz CT molecular complexity index is 672. The molecule has 0 atom stereocenters. The third-order valence-electron chi connectivity index (χ3n) is 4.04. The van der Waals surface area contributed by atoms with Gasteiger partial charge in [-0.25, -0.2) is 4.98 Å². The maximum Gasteiger partial charge on any atom is 0.224 e. The number of pyridine rings is 1. The van der Waals surface area contributed by atoms with Crippen LogP contribution in [0.1, 0.15) is 12.8 Å². The molecule has 2 N–H and O–H groups in total. The summed E-state index contributed by atoms with van der Waals surface area (Å²) in [7, 11) is 0. The summed E-state index contributed by atoms with van der Waals surface area (Å²) in [5, 5.41) is 6.31. The third-order valence-corrected chi connectivity index (χ3v) is 4.04. The maximum atomic E-state index is 12.2. The van der Waals surface area contributed by atoms with Crippen LogP contribution in [-0.2, 0) is 4.79 Å². The molecule has 0 unspecified atom stereocenters. The van der Waals surface area contributed by atoms with Crippen molar-refractivity contribution in [2.45, 2.75) is 12.8 Å². The molecule has 0 bridgehead atoms. The quantitative estimate of drug-likeness (QED) is 0.757. The Morgan fingerprint density at radius 1 is 1.16 bits per heavy atom. The Labute approximate surface area is 148 Å². The summed E-state index contributed by atoms with van der Waals surface area (Å²) in [5.74, 6) is 1.66. The number of nitrogens with one attached hydrogen (secondary N) is 2. The molecule has 1 fully saturated rings. The van der Waals surface area contributed by atoms with Crippen molar-refractivity contribution >= 4 is 17.4 Å². The van der Waals surface area contributed by atoms with E-state index in [-0.39, 0.29) is 5.91 Å². The number of rotatable bonds is 7. The predicted molar refractivity (Wildman–Crippen MR) is 99.1 cm³/mol. The van der Waals surface area contributed by atoms with Gasteiger partial charge in [-0.2, -0.15) is 0 Å². The Balaban J connectivity index is 1.47. The van der Waals surface area contributed by atoms with Gasteiger partial charge < -0.3 is 20.3 Å². The van der Waals surface area contributed by atoms with Crippen LogP contribution in [0, 0.1) is 0 Å². The number of hydrogen-bond acceptors (Lipinski definition) is 5. The number of carbonyl (C=O) groups excluding carboxylic acids is 1. The van der Waals surface area contributed by atoms with Crippen molar-refractivity contribution in [3.63, 3.8) is 0 Å². The summed E-state index contributed by atoms with van der Waals surface area (Å²) in [6.45, 7) is 4.17. The van der Waals surface area contributed by atoms with E-state index in [1.807, 2.05) is 42.5 Å². The van der Waals surface area contributed by atoms with E-state index in [4.69, 9.17) is 4.74 Å². The summed E-state index contributed by atoms with van der Waals surface area (Å²) >= 11 is 0. The zero-order valence-corrected chi connectivity index (χ0v) is 14.3. The Kier molecular flexibility index (Phi) is 6.23. The Morgan fingerprint density at radius 3 is 2.76 bits per heavy atom. The van der Waals surface area contributed by atoms with Gasteiger partial charge in [-0.15, -0.1) is 0 Å². The minimum Gasteiger partial charge on any atom is -0.494 e. The molecular formula is C19H24N4O2. The molecule has 6 nitrogen and oxygen atoms in total. The summed E-state index contributed by atoms with van der Waals surface area (Å²) < 4.78 is 5.62. The fraction of sp³-hybridized carbons (Fsp3) is 0.368. The highest BCUT2D eigenvalue weighted by Crippen LogP contribution is 2.23. The highest BCUT2D eigenvalue weighted by molar-refractivity contribution is 5.93. The zero-order chi connectivity index (χ0) is 17.3. The third kappa shape index (κ3) is 5.19. The second kappa shape index (κ2) is 9.03. The number of carbonyl (C=O) groups is 1. The normalized spacial score (nSPS) is 14.2. The molecule has 1 aromatic carbocycles. The van der Waals surface area contributed by atoms with Crippen LogP contribution >= 0.6 is 0 Å². The van der Waals surface area contributed by atoms with Crippen LogP contribution in [0.25, 0.3) is 0 Å². The minimum absolute atomic E-state index is 0.0129. The van der Waals surface area contributed by atoms with Gasteiger partial charge in [0, 0.05) is 38.8 Å². The number of hydrogen-bond donors (Lipinski definition) is 2. The SMILES string of the molecule is O=C(CCCOc1ccccc1)Nc1cccnc1N1CCNCC1. The molecule has 1 amide bonds. The van der Waals surface area contributed by atoms with E-state index >= 15 is 0 Å². The largest absolute Gasteiger partial charge is 0.494 e. The topological polar surface area (TPSA) is 66.5 Å². The smallest absolute Gasteiger partial charge is 0.224 e. The number of para-hydroxylation sites is 1. The van der Waals surface area contributed by atoms with E-state index in [0.717, 1.165) is 43.4 Å². The first-order valence-electron chi connectivity index (χ1n) is 8.71. The van der Waals surface area contributed by atoms with Gasteiger partial charge in [-0.05, 0) is 30.7 Å². The van der Waals surface area contributed by atoms with Crippen LogP contribution in [-0.4, -0.2) is 43.7 Å². The summed E-state index contributed by atoms with van der Waals surface area (Å²) in [5.41, 5.74) is 0.776. The highest BCUT2D eigenvalue weighted by Gasteiger charge is 2.16. The molecular weight excluding hydrogens is 316 g/mol. The van der Waals surface area contributed by atoms with Crippen LogP contribution in [0.3, 0.4) is 0 Å². The van der Waals surface area contributed by atoms with Crippen LogP contribution in [0.4, 0.5) is 11.5 Å².